The molecule has 1 amide bonds. The highest BCUT2D eigenvalue weighted by Crippen LogP contribution is 2.48. The number of anilines is 1. The van der Waals surface area contributed by atoms with Crippen LogP contribution >= 0.6 is 0 Å². The lowest BCUT2D eigenvalue weighted by Crippen LogP contribution is -2.46. The number of nitrogens with zero attached hydrogens (tertiary/aromatic N) is 2. The molecule has 2 heterocycles. The Balaban J connectivity index is 1.35. The molecule has 1 aliphatic carbocycles. The molecule has 1 aromatic heterocycles. The number of ether oxygens (including phenoxy) is 2. The van der Waals surface area contributed by atoms with Gasteiger partial charge in [-0.1, -0.05) is 0 Å². The van der Waals surface area contributed by atoms with Gasteiger partial charge in [0.05, 0.1) is 24.7 Å². The lowest BCUT2D eigenvalue weighted by atomic mass is 9.67. The first-order chi connectivity index (χ1) is 16.6. The van der Waals surface area contributed by atoms with Crippen molar-refractivity contribution in [3.8, 4) is 0 Å². The summed E-state index contributed by atoms with van der Waals surface area (Å²) >= 11 is 0. The monoisotopic (exact) mass is 487 g/mol. The lowest BCUT2D eigenvalue weighted by molar-refractivity contribution is -0.140. The van der Waals surface area contributed by atoms with Crippen LogP contribution in [0, 0.1) is 11.2 Å². The molecule has 0 atom stereocenters. The fourth-order valence-corrected chi connectivity index (χ4v) is 5.52. The number of carbonyl (C=O) groups excluding carboxylic acids is 2. The molecule has 1 aliphatic heterocycles. The van der Waals surface area contributed by atoms with Crippen LogP contribution in [-0.4, -0.2) is 53.9 Å². The van der Waals surface area contributed by atoms with Gasteiger partial charge in [0.2, 0.25) is 0 Å². The van der Waals surface area contributed by atoms with Crippen LogP contribution in [0.25, 0.3) is 10.9 Å². The van der Waals surface area contributed by atoms with E-state index in [4.69, 9.17) is 4.74 Å². The maximum atomic E-state index is 14.8. The summed E-state index contributed by atoms with van der Waals surface area (Å²) in [6.07, 6.45) is 8.42. The van der Waals surface area contributed by atoms with Crippen LogP contribution in [0.3, 0.4) is 0 Å². The van der Waals surface area contributed by atoms with Crippen molar-refractivity contribution in [3.63, 3.8) is 0 Å². The number of piperidine rings is 1. The molecule has 2 aliphatic rings. The third-order valence-corrected chi connectivity index (χ3v) is 7.57. The Hall–Kier alpha value is -2.77. The number of methoxy groups -OCH3 is 1. The highest BCUT2D eigenvalue weighted by atomic mass is 19.1. The quantitative estimate of drug-likeness (QED) is 0.533. The van der Waals surface area contributed by atoms with Gasteiger partial charge in [-0.2, -0.15) is 0 Å². The number of carbonyl (C=O) groups is 2. The number of hydrogen-bond donors (Lipinski definition) is 1. The summed E-state index contributed by atoms with van der Waals surface area (Å²) in [6.45, 7) is 7.53. The number of aromatic nitrogens is 1. The number of hydrogen-bond acceptors (Lipinski definition) is 5. The maximum Gasteiger partial charge on any atom is 0.410 e. The van der Waals surface area contributed by atoms with Crippen molar-refractivity contribution in [2.45, 2.75) is 77.4 Å². The van der Waals surface area contributed by atoms with E-state index in [2.05, 4.69) is 20.8 Å². The lowest BCUT2D eigenvalue weighted by Gasteiger charge is -2.46. The van der Waals surface area contributed by atoms with Crippen LogP contribution in [0.5, 0.6) is 0 Å². The molecule has 8 heteroatoms. The van der Waals surface area contributed by atoms with Gasteiger partial charge >= 0.3 is 12.1 Å². The molecule has 0 bridgehead atoms. The molecule has 2 aromatic rings. The molecule has 35 heavy (non-hydrogen) atoms. The molecule has 1 N–H and O–H groups in total. The van der Waals surface area contributed by atoms with Gasteiger partial charge < -0.3 is 24.3 Å². The highest BCUT2D eigenvalue weighted by Gasteiger charge is 2.40. The molecule has 1 saturated carbocycles. The largest absolute Gasteiger partial charge is 0.469 e. The van der Waals surface area contributed by atoms with Crippen molar-refractivity contribution in [3.05, 3.63) is 30.2 Å². The van der Waals surface area contributed by atoms with Gasteiger partial charge in [-0.3, -0.25) is 4.79 Å². The van der Waals surface area contributed by atoms with Gasteiger partial charge in [-0.05, 0) is 76.8 Å². The number of nitrogens with one attached hydrogen (secondary N) is 1. The zero-order valence-corrected chi connectivity index (χ0v) is 21.4. The van der Waals surface area contributed by atoms with Crippen LogP contribution in [-0.2, 0) is 14.3 Å². The number of halogens is 1. The average Bonchev–Trinajstić information content (AvgIpc) is 3.21. The Bertz CT molecular complexity index is 1060. The van der Waals surface area contributed by atoms with Gasteiger partial charge in [-0.15, -0.1) is 0 Å². The van der Waals surface area contributed by atoms with E-state index in [9.17, 15) is 14.0 Å². The second kappa shape index (κ2) is 10.1. The molecule has 1 aromatic carbocycles. The number of likely N-dealkylation sites (tertiary alicyclic amines) is 1. The first-order valence-corrected chi connectivity index (χ1v) is 12.7. The molecule has 192 valence electrons. The molecule has 7 nitrogen and oxygen atoms in total. The van der Waals surface area contributed by atoms with Gasteiger partial charge in [0.1, 0.15) is 11.4 Å². The summed E-state index contributed by atoms with van der Waals surface area (Å²) in [6, 6.07) is 5.79. The van der Waals surface area contributed by atoms with Gasteiger partial charge in [0.15, 0.2) is 0 Å². The van der Waals surface area contributed by atoms with E-state index in [1.165, 1.54) is 7.11 Å². The van der Waals surface area contributed by atoms with E-state index in [-0.39, 0.29) is 24.3 Å². The second-order valence-electron chi connectivity index (χ2n) is 11.1. The van der Waals surface area contributed by atoms with E-state index in [1.807, 2.05) is 37.8 Å². The minimum Gasteiger partial charge on any atom is -0.469 e. The van der Waals surface area contributed by atoms with Gasteiger partial charge in [0, 0.05) is 43.3 Å². The van der Waals surface area contributed by atoms with Crippen molar-refractivity contribution in [2.75, 3.05) is 32.1 Å². The van der Waals surface area contributed by atoms with E-state index in [0.29, 0.717) is 23.7 Å². The normalized spacial score (nSPS) is 18.6. The third kappa shape index (κ3) is 5.90. The summed E-state index contributed by atoms with van der Waals surface area (Å²) in [5.74, 6) is -0.639. The van der Waals surface area contributed by atoms with Crippen LogP contribution < -0.4 is 5.32 Å². The summed E-state index contributed by atoms with van der Waals surface area (Å²) in [5, 5.41) is 3.98. The molecule has 4 rings (SSSR count). The smallest absolute Gasteiger partial charge is 0.410 e. The Labute approximate surface area is 206 Å². The van der Waals surface area contributed by atoms with Gasteiger partial charge in [0.25, 0.3) is 0 Å². The molecule has 0 unspecified atom stereocenters. The van der Waals surface area contributed by atoms with E-state index in [1.54, 1.807) is 6.07 Å². The predicted octanol–water partition coefficient (Wildman–Crippen LogP) is 5.89. The summed E-state index contributed by atoms with van der Waals surface area (Å²) in [4.78, 5) is 25.6. The van der Waals surface area contributed by atoms with E-state index < -0.39 is 5.60 Å². The van der Waals surface area contributed by atoms with Crippen molar-refractivity contribution >= 4 is 28.7 Å². The SMILES string of the molecule is COC(=O)CCNc1cc2ccn(C3CCC4(CC3)CCN(C(=O)OC(C)(C)C)CC4)c2cc1F. The molecule has 2 fully saturated rings. The number of esters is 1. The van der Waals surface area contributed by atoms with Crippen molar-refractivity contribution < 1.29 is 23.5 Å². The van der Waals surface area contributed by atoms with Crippen LogP contribution in [0.2, 0.25) is 0 Å². The Kier molecular flexibility index (Phi) is 7.29. The maximum absolute atomic E-state index is 14.8. The first kappa shape index (κ1) is 25.3. The second-order valence-corrected chi connectivity index (χ2v) is 11.1. The molecular weight excluding hydrogens is 449 g/mol. The Morgan fingerprint density at radius 1 is 1.14 bits per heavy atom. The predicted molar refractivity (Wildman–Crippen MR) is 134 cm³/mol. The molecule has 1 spiro atoms. The first-order valence-electron chi connectivity index (χ1n) is 12.7. The number of fused-ring (bicyclic) bond motifs is 1. The van der Waals surface area contributed by atoms with Crippen molar-refractivity contribution in [1.29, 1.82) is 0 Å². The number of benzene rings is 1. The summed E-state index contributed by atoms with van der Waals surface area (Å²) < 4.78 is 27.2. The highest BCUT2D eigenvalue weighted by molar-refractivity contribution is 5.84. The van der Waals surface area contributed by atoms with Gasteiger partial charge in [-0.25, -0.2) is 9.18 Å². The Morgan fingerprint density at radius 2 is 1.83 bits per heavy atom. The van der Waals surface area contributed by atoms with E-state index >= 15 is 0 Å². The van der Waals surface area contributed by atoms with Crippen LogP contribution in [0.15, 0.2) is 24.4 Å². The number of amides is 1. The summed E-state index contributed by atoms with van der Waals surface area (Å²) in [5.41, 5.74) is 1.13. The molecular formula is C27H38FN3O4. The minimum atomic E-state index is -0.469. The zero-order chi connectivity index (χ0) is 25.2. The minimum absolute atomic E-state index is 0.189. The third-order valence-electron chi connectivity index (χ3n) is 7.57. The molecule has 1 saturated heterocycles. The van der Waals surface area contributed by atoms with E-state index in [0.717, 1.165) is 62.5 Å². The average molecular weight is 488 g/mol. The summed E-state index contributed by atoms with van der Waals surface area (Å²) in [7, 11) is 1.35. The van der Waals surface area contributed by atoms with Crippen LogP contribution in [0.1, 0.15) is 71.8 Å². The van der Waals surface area contributed by atoms with Crippen molar-refractivity contribution in [2.24, 2.45) is 5.41 Å². The fraction of sp³-hybridized carbons (Fsp3) is 0.630. The topological polar surface area (TPSA) is 72.8 Å². The number of rotatable bonds is 5. The standard InChI is InChI=1S/C27H38FN3O4/c1-26(2,3)35-25(33)30-15-11-27(12-16-30)9-5-20(6-10-27)31-14-8-19-17-22(21(28)18-23(19)31)29-13-7-24(32)34-4/h8,14,17-18,20,29H,5-7,9-13,15-16H2,1-4H3. The molecule has 0 radical (unpaired) electrons. The van der Waals surface area contributed by atoms with Crippen LogP contribution in [0.4, 0.5) is 14.9 Å². The fourth-order valence-electron chi connectivity index (χ4n) is 5.52. The Morgan fingerprint density at radius 3 is 2.46 bits per heavy atom. The zero-order valence-electron chi connectivity index (χ0n) is 21.4. The van der Waals surface area contributed by atoms with Crippen molar-refractivity contribution in [1.82, 2.24) is 9.47 Å².